The summed E-state index contributed by atoms with van der Waals surface area (Å²) >= 11 is 0. The molecule has 0 aliphatic carbocycles. The van der Waals surface area contributed by atoms with E-state index in [4.69, 9.17) is 9.47 Å². The molecular formula is C23H28N2O3. The number of benzene rings is 2. The number of carbonyl (C=O) groups is 1. The van der Waals surface area contributed by atoms with Crippen LogP contribution < -0.4 is 10.2 Å². The molecule has 1 N–H and O–H groups in total. The van der Waals surface area contributed by atoms with Gasteiger partial charge in [0.2, 0.25) is 0 Å². The summed E-state index contributed by atoms with van der Waals surface area (Å²) in [7, 11) is 1.39. The summed E-state index contributed by atoms with van der Waals surface area (Å²) in [4.78, 5) is 11.8. The van der Waals surface area contributed by atoms with Crippen LogP contribution in [0, 0.1) is 0 Å². The number of unbranched alkanes of at least 4 members (excludes halogenated alkanes) is 3. The summed E-state index contributed by atoms with van der Waals surface area (Å²) in [5.74, 6) is 0.542. The van der Waals surface area contributed by atoms with Gasteiger partial charge >= 0.3 is 5.97 Å². The zero-order valence-electron chi connectivity index (χ0n) is 16.6. The molecular weight excluding hydrogens is 352 g/mol. The zero-order chi connectivity index (χ0) is 19.8. The Balaban J connectivity index is 1.88. The third-order valence-electron chi connectivity index (χ3n) is 5.18. The Bertz CT molecular complexity index is 817. The van der Waals surface area contributed by atoms with E-state index >= 15 is 0 Å². The van der Waals surface area contributed by atoms with Crippen LogP contribution in [-0.2, 0) is 10.2 Å². The number of hydrogen-bond donors (Lipinski definition) is 1. The number of para-hydroxylation sites is 1. The van der Waals surface area contributed by atoms with Crippen molar-refractivity contribution < 1.29 is 14.3 Å². The standard InChI is InChI=1S/C23H28N2O3/c1-3-4-5-8-15-28-21-10-7-6-9-20(21)23(16-24-25-17-23)19-13-11-18(12-14-19)22(26)27-2/h6-7,9-14,16,25H,3-5,8,15,17H2,1-2H3. The Morgan fingerprint density at radius 2 is 1.89 bits per heavy atom. The minimum Gasteiger partial charge on any atom is -0.493 e. The predicted molar refractivity (Wildman–Crippen MR) is 111 cm³/mol. The van der Waals surface area contributed by atoms with Crippen LogP contribution in [0.3, 0.4) is 0 Å². The number of carbonyl (C=O) groups excluding carboxylic acids is 1. The molecule has 148 valence electrons. The molecule has 2 aromatic carbocycles. The molecule has 0 aromatic heterocycles. The molecule has 3 rings (SSSR count). The monoisotopic (exact) mass is 380 g/mol. The normalized spacial score (nSPS) is 17.9. The number of hydrogen-bond acceptors (Lipinski definition) is 5. The highest BCUT2D eigenvalue weighted by atomic mass is 16.5. The van der Waals surface area contributed by atoms with Crippen molar-refractivity contribution in [1.29, 1.82) is 0 Å². The predicted octanol–water partition coefficient (Wildman–Crippen LogP) is 4.31. The van der Waals surface area contributed by atoms with E-state index in [1.165, 1.54) is 26.4 Å². The van der Waals surface area contributed by atoms with Crippen LogP contribution in [0.15, 0.2) is 53.6 Å². The maximum Gasteiger partial charge on any atom is 0.337 e. The first kappa shape index (κ1) is 19.9. The van der Waals surface area contributed by atoms with E-state index in [0.29, 0.717) is 18.7 Å². The highest BCUT2D eigenvalue weighted by molar-refractivity contribution is 5.90. The molecule has 1 aliphatic rings. The van der Waals surface area contributed by atoms with E-state index in [0.717, 1.165) is 23.3 Å². The Hall–Kier alpha value is -2.82. The van der Waals surface area contributed by atoms with Crippen molar-refractivity contribution in [3.8, 4) is 5.75 Å². The van der Waals surface area contributed by atoms with E-state index in [2.05, 4.69) is 23.5 Å². The lowest BCUT2D eigenvalue weighted by molar-refractivity contribution is 0.0600. The minimum atomic E-state index is -0.436. The molecule has 2 aromatic rings. The first-order valence-electron chi connectivity index (χ1n) is 9.89. The highest BCUT2D eigenvalue weighted by Gasteiger charge is 2.38. The maximum absolute atomic E-state index is 11.8. The van der Waals surface area contributed by atoms with E-state index < -0.39 is 5.41 Å². The third-order valence-corrected chi connectivity index (χ3v) is 5.18. The van der Waals surface area contributed by atoms with Gasteiger partial charge < -0.3 is 14.9 Å². The molecule has 28 heavy (non-hydrogen) atoms. The number of ether oxygens (including phenoxy) is 2. The fraction of sp³-hybridized carbons (Fsp3) is 0.391. The maximum atomic E-state index is 11.8. The highest BCUT2D eigenvalue weighted by Crippen LogP contribution is 2.38. The lowest BCUT2D eigenvalue weighted by Gasteiger charge is -2.28. The van der Waals surface area contributed by atoms with E-state index in [1.807, 2.05) is 36.5 Å². The molecule has 1 unspecified atom stereocenters. The summed E-state index contributed by atoms with van der Waals surface area (Å²) in [5, 5.41) is 4.30. The van der Waals surface area contributed by atoms with Crippen LogP contribution >= 0.6 is 0 Å². The summed E-state index contributed by atoms with van der Waals surface area (Å²) in [6, 6.07) is 15.6. The van der Waals surface area contributed by atoms with Gasteiger partial charge in [0, 0.05) is 11.8 Å². The summed E-state index contributed by atoms with van der Waals surface area (Å²) in [6.07, 6.45) is 6.61. The van der Waals surface area contributed by atoms with Crippen molar-refractivity contribution in [1.82, 2.24) is 5.43 Å². The molecule has 0 spiro atoms. The first-order valence-corrected chi connectivity index (χ1v) is 9.89. The van der Waals surface area contributed by atoms with Crippen LogP contribution in [0.5, 0.6) is 5.75 Å². The van der Waals surface area contributed by atoms with Crippen molar-refractivity contribution in [2.45, 2.75) is 38.0 Å². The molecule has 1 atom stereocenters. The number of nitrogens with one attached hydrogen (secondary N) is 1. The summed E-state index contributed by atoms with van der Waals surface area (Å²) in [5.41, 5.74) is 5.31. The smallest absolute Gasteiger partial charge is 0.337 e. The quantitative estimate of drug-likeness (QED) is 0.520. The molecule has 1 aliphatic heterocycles. The van der Waals surface area contributed by atoms with Crippen molar-refractivity contribution >= 4 is 12.2 Å². The number of esters is 1. The molecule has 5 nitrogen and oxygen atoms in total. The Kier molecular flexibility index (Phi) is 6.69. The largest absolute Gasteiger partial charge is 0.493 e. The van der Waals surface area contributed by atoms with Crippen molar-refractivity contribution in [2.75, 3.05) is 20.3 Å². The molecule has 0 radical (unpaired) electrons. The van der Waals surface area contributed by atoms with Crippen molar-refractivity contribution in [3.63, 3.8) is 0 Å². The van der Waals surface area contributed by atoms with Gasteiger partial charge in [-0.25, -0.2) is 4.79 Å². The number of hydrazone groups is 1. The fourth-order valence-corrected chi connectivity index (χ4v) is 3.56. The Morgan fingerprint density at radius 3 is 2.57 bits per heavy atom. The average molecular weight is 380 g/mol. The van der Waals surface area contributed by atoms with Gasteiger partial charge in [-0.3, -0.25) is 0 Å². The second-order valence-electron chi connectivity index (χ2n) is 7.04. The fourth-order valence-electron chi connectivity index (χ4n) is 3.56. The second kappa shape index (κ2) is 9.40. The summed E-state index contributed by atoms with van der Waals surface area (Å²) in [6.45, 7) is 3.55. The average Bonchev–Trinajstić information content (AvgIpc) is 3.24. The molecule has 0 saturated heterocycles. The molecule has 0 fully saturated rings. The van der Waals surface area contributed by atoms with E-state index in [-0.39, 0.29) is 5.97 Å². The topological polar surface area (TPSA) is 59.9 Å². The number of nitrogens with zero attached hydrogens (tertiary/aromatic N) is 1. The molecule has 5 heteroatoms. The van der Waals surface area contributed by atoms with E-state index in [9.17, 15) is 4.79 Å². The van der Waals surface area contributed by atoms with Gasteiger partial charge in [0.1, 0.15) is 5.75 Å². The van der Waals surface area contributed by atoms with Gasteiger partial charge in [0.25, 0.3) is 0 Å². The lowest BCUT2D eigenvalue weighted by atomic mass is 9.75. The van der Waals surface area contributed by atoms with Crippen molar-refractivity contribution in [2.24, 2.45) is 5.10 Å². The van der Waals surface area contributed by atoms with Gasteiger partial charge in [0.15, 0.2) is 0 Å². The van der Waals surface area contributed by atoms with Crippen LogP contribution in [0.4, 0.5) is 0 Å². The number of rotatable bonds is 9. The van der Waals surface area contributed by atoms with Crippen molar-refractivity contribution in [3.05, 3.63) is 65.2 Å². The molecule has 0 amide bonds. The van der Waals surface area contributed by atoms with Gasteiger partial charge in [-0.05, 0) is 30.2 Å². The summed E-state index contributed by atoms with van der Waals surface area (Å²) < 4.78 is 11.0. The second-order valence-corrected chi connectivity index (χ2v) is 7.04. The van der Waals surface area contributed by atoms with Crippen LogP contribution in [0.25, 0.3) is 0 Å². The lowest BCUT2D eigenvalue weighted by Crippen LogP contribution is -2.34. The van der Waals surface area contributed by atoms with Crippen LogP contribution in [0.1, 0.15) is 54.1 Å². The van der Waals surface area contributed by atoms with Gasteiger partial charge in [-0.15, -0.1) is 0 Å². The Morgan fingerprint density at radius 1 is 1.11 bits per heavy atom. The molecule has 0 saturated carbocycles. The minimum absolute atomic E-state index is 0.338. The first-order chi connectivity index (χ1) is 13.7. The van der Waals surface area contributed by atoms with Gasteiger partial charge in [-0.2, -0.15) is 5.10 Å². The van der Waals surface area contributed by atoms with E-state index in [1.54, 1.807) is 12.1 Å². The van der Waals surface area contributed by atoms with Crippen LogP contribution in [0.2, 0.25) is 0 Å². The zero-order valence-corrected chi connectivity index (χ0v) is 16.6. The number of methoxy groups -OCH3 is 1. The molecule has 1 heterocycles. The van der Waals surface area contributed by atoms with Gasteiger partial charge in [0.05, 0.1) is 31.2 Å². The Labute approximate surface area is 166 Å². The molecule has 0 bridgehead atoms. The van der Waals surface area contributed by atoms with Gasteiger partial charge in [-0.1, -0.05) is 56.5 Å². The van der Waals surface area contributed by atoms with Crippen LogP contribution in [-0.4, -0.2) is 32.4 Å². The third kappa shape index (κ3) is 4.19. The SMILES string of the molecule is CCCCCCOc1ccccc1C1(c2ccc(C(=O)OC)cc2)C=NNC1.